The third-order valence-electron chi connectivity index (χ3n) is 8.69. The summed E-state index contributed by atoms with van der Waals surface area (Å²) >= 11 is 0. The van der Waals surface area contributed by atoms with Crippen molar-refractivity contribution in [2.24, 2.45) is 11.8 Å². The van der Waals surface area contributed by atoms with Crippen LogP contribution < -0.4 is 20.3 Å². The van der Waals surface area contributed by atoms with Gasteiger partial charge in [-0.25, -0.2) is 0 Å². The average Bonchev–Trinajstić information content (AvgIpc) is 3.04. The first kappa shape index (κ1) is 31.0. The summed E-state index contributed by atoms with van der Waals surface area (Å²) in [6.07, 6.45) is 8.16. The number of fused-ring (bicyclic) bond motifs is 3. The molecular formula is C33H46N6O4. The number of nitrogens with zero attached hydrogens (tertiary/aromatic N) is 4. The van der Waals surface area contributed by atoms with Gasteiger partial charge < -0.3 is 29.9 Å². The number of anilines is 1. The van der Waals surface area contributed by atoms with Gasteiger partial charge in [-0.05, 0) is 48.6 Å². The molecule has 232 valence electrons. The van der Waals surface area contributed by atoms with Crippen molar-refractivity contribution in [3.63, 3.8) is 0 Å². The van der Waals surface area contributed by atoms with E-state index in [1.54, 1.807) is 0 Å². The van der Waals surface area contributed by atoms with Gasteiger partial charge >= 0.3 is 0 Å². The normalized spacial score (nSPS) is 22.3. The Bertz CT molecular complexity index is 1220. The summed E-state index contributed by atoms with van der Waals surface area (Å²) in [5.41, 5.74) is 3.18. The Hall–Kier alpha value is -3.47. The summed E-state index contributed by atoms with van der Waals surface area (Å²) in [7, 11) is 2.08. The largest absolute Gasteiger partial charge is 0.489 e. The van der Waals surface area contributed by atoms with Crippen LogP contribution in [-0.2, 0) is 27.3 Å². The molecule has 0 radical (unpaired) electrons. The summed E-state index contributed by atoms with van der Waals surface area (Å²) in [5.74, 6) is 1.30. The number of carbonyl (C=O) groups excluding carboxylic acids is 2. The molecule has 0 unspecified atom stereocenters. The lowest BCUT2D eigenvalue weighted by Gasteiger charge is -2.37. The smallest absolute Gasteiger partial charge is 0.236 e. The number of likely N-dealkylation sites (N-methyl/N-ethyl adjacent to an activating group) is 1. The average molecular weight is 591 g/mol. The maximum Gasteiger partial charge on any atom is 0.236 e. The molecule has 1 aromatic carbocycles. The summed E-state index contributed by atoms with van der Waals surface area (Å²) < 4.78 is 11.6. The van der Waals surface area contributed by atoms with E-state index in [0.717, 1.165) is 74.9 Å². The molecule has 2 bridgehead atoms. The van der Waals surface area contributed by atoms with E-state index in [1.807, 2.05) is 41.4 Å². The lowest BCUT2D eigenvalue weighted by Crippen LogP contribution is -2.47. The fourth-order valence-corrected chi connectivity index (χ4v) is 6.04. The molecule has 2 N–H and O–H groups in total. The number of hydrogen-bond acceptors (Lipinski definition) is 8. The first-order valence-electron chi connectivity index (χ1n) is 15.6. The minimum Gasteiger partial charge on any atom is -0.489 e. The number of benzene rings is 1. The van der Waals surface area contributed by atoms with E-state index in [-0.39, 0.29) is 30.2 Å². The molecule has 10 heteroatoms. The molecule has 4 heterocycles. The summed E-state index contributed by atoms with van der Waals surface area (Å²) in [4.78, 5) is 36.9. The van der Waals surface area contributed by atoms with Crippen LogP contribution >= 0.6 is 0 Å². The molecule has 2 amide bonds. The standard InChI is InChI=1S/C33H46N6O4/c1-37(13-10-29-6-2-3-11-35-29)30-7-8-31-28(21-30)23-34-24-33(41)39-14-9-26(27(25-39)5-4-18-43-31)22-32(40)36-12-15-38-16-19-42-20-17-38/h2-8,11,21,26-27,34H,9-10,12-20,22-25H2,1H3,(H,36,40)/b5-4+/t26-,27-/m0/s1. The molecule has 3 aliphatic heterocycles. The zero-order valence-corrected chi connectivity index (χ0v) is 25.4. The maximum absolute atomic E-state index is 13.2. The fraction of sp³-hybridized carbons (Fsp3) is 0.545. The van der Waals surface area contributed by atoms with Crippen LogP contribution in [0.4, 0.5) is 5.69 Å². The van der Waals surface area contributed by atoms with Gasteiger partial charge in [-0.2, -0.15) is 0 Å². The molecule has 2 atom stereocenters. The number of hydrogen-bond donors (Lipinski definition) is 2. The molecule has 5 rings (SSSR count). The second-order valence-corrected chi connectivity index (χ2v) is 11.7. The number of rotatable bonds is 9. The Kier molecular flexibility index (Phi) is 11.4. The Balaban J connectivity index is 1.18. The van der Waals surface area contributed by atoms with Gasteiger partial charge in [0.2, 0.25) is 11.8 Å². The number of carbonyl (C=O) groups is 2. The number of morpholine rings is 1. The topological polar surface area (TPSA) is 99.3 Å². The van der Waals surface area contributed by atoms with E-state index in [2.05, 4.69) is 50.7 Å². The van der Waals surface area contributed by atoms with E-state index in [1.165, 1.54) is 0 Å². The lowest BCUT2D eigenvalue weighted by molar-refractivity contribution is -0.132. The van der Waals surface area contributed by atoms with Gasteiger partial charge in [0.25, 0.3) is 0 Å². The number of nitrogens with one attached hydrogen (secondary N) is 2. The molecule has 1 aromatic heterocycles. The van der Waals surface area contributed by atoms with Crippen molar-refractivity contribution in [3.8, 4) is 5.75 Å². The predicted octanol–water partition coefficient (Wildman–Crippen LogP) is 2.10. The third-order valence-corrected chi connectivity index (χ3v) is 8.69. The van der Waals surface area contributed by atoms with Gasteiger partial charge in [0.05, 0.1) is 19.8 Å². The molecule has 43 heavy (non-hydrogen) atoms. The zero-order chi connectivity index (χ0) is 29.9. The van der Waals surface area contributed by atoms with Crippen molar-refractivity contribution in [3.05, 3.63) is 66.0 Å². The van der Waals surface area contributed by atoms with Crippen molar-refractivity contribution in [2.75, 3.05) is 84.1 Å². The van der Waals surface area contributed by atoms with Gasteiger partial charge in [-0.3, -0.25) is 19.5 Å². The number of ether oxygens (including phenoxy) is 2. The Morgan fingerprint density at radius 3 is 2.88 bits per heavy atom. The molecule has 10 nitrogen and oxygen atoms in total. The van der Waals surface area contributed by atoms with E-state index >= 15 is 0 Å². The van der Waals surface area contributed by atoms with Crippen LogP contribution in [-0.4, -0.2) is 106 Å². The van der Waals surface area contributed by atoms with Crippen molar-refractivity contribution in [1.82, 2.24) is 25.4 Å². The predicted molar refractivity (Wildman–Crippen MR) is 167 cm³/mol. The van der Waals surface area contributed by atoms with Crippen molar-refractivity contribution in [2.45, 2.75) is 25.8 Å². The number of piperidine rings is 1. The highest BCUT2D eigenvalue weighted by molar-refractivity contribution is 5.79. The highest BCUT2D eigenvalue weighted by Crippen LogP contribution is 2.29. The van der Waals surface area contributed by atoms with E-state index in [9.17, 15) is 9.59 Å². The summed E-state index contributed by atoms with van der Waals surface area (Å²) in [6, 6.07) is 12.2. The Morgan fingerprint density at radius 2 is 2.05 bits per heavy atom. The van der Waals surface area contributed by atoms with E-state index < -0.39 is 0 Å². The number of pyridine rings is 1. The SMILES string of the molecule is CN(CCc1ccccn1)c1ccc2c(c1)CNCC(=O)N1CC[C@@H](CC(=O)NCCN3CCOCC3)[C@@H](/C=C/CO2)C1. The van der Waals surface area contributed by atoms with Crippen LogP contribution in [0.5, 0.6) is 5.75 Å². The summed E-state index contributed by atoms with van der Waals surface area (Å²) in [5, 5.41) is 6.46. The number of amides is 2. The highest BCUT2D eigenvalue weighted by Gasteiger charge is 2.31. The van der Waals surface area contributed by atoms with Gasteiger partial charge in [0, 0.05) is 95.4 Å². The minimum absolute atomic E-state index is 0.0852. The van der Waals surface area contributed by atoms with Gasteiger partial charge in [-0.15, -0.1) is 0 Å². The maximum atomic E-state index is 13.2. The van der Waals surface area contributed by atoms with Crippen molar-refractivity contribution < 1.29 is 19.1 Å². The first-order valence-corrected chi connectivity index (χ1v) is 15.6. The van der Waals surface area contributed by atoms with Gasteiger partial charge in [0.15, 0.2) is 0 Å². The van der Waals surface area contributed by atoms with E-state index in [0.29, 0.717) is 39.2 Å². The molecule has 0 saturated carbocycles. The Labute approximate surface area is 255 Å². The quantitative estimate of drug-likeness (QED) is 0.429. The lowest BCUT2D eigenvalue weighted by atomic mass is 9.82. The molecule has 2 fully saturated rings. The molecular weight excluding hydrogens is 544 g/mol. The third kappa shape index (κ3) is 9.26. The molecule has 0 spiro atoms. The van der Waals surface area contributed by atoms with Gasteiger partial charge in [0.1, 0.15) is 12.4 Å². The van der Waals surface area contributed by atoms with E-state index in [4.69, 9.17) is 9.47 Å². The van der Waals surface area contributed by atoms with Crippen LogP contribution in [0.3, 0.4) is 0 Å². The molecule has 2 aromatic rings. The van der Waals surface area contributed by atoms with Crippen molar-refractivity contribution in [1.29, 1.82) is 0 Å². The molecule has 2 saturated heterocycles. The second kappa shape index (κ2) is 15.8. The van der Waals surface area contributed by atoms with Crippen LogP contribution in [0.2, 0.25) is 0 Å². The van der Waals surface area contributed by atoms with Crippen LogP contribution in [0.15, 0.2) is 54.7 Å². The monoisotopic (exact) mass is 590 g/mol. The van der Waals surface area contributed by atoms with Crippen LogP contribution in [0, 0.1) is 11.8 Å². The van der Waals surface area contributed by atoms with Crippen LogP contribution in [0.1, 0.15) is 24.1 Å². The molecule has 3 aliphatic rings. The second-order valence-electron chi connectivity index (χ2n) is 11.7. The van der Waals surface area contributed by atoms with Crippen LogP contribution in [0.25, 0.3) is 0 Å². The highest BCUT2D eigenvalue weighted by atomic mass is 16.5. The minimum atomic E-state index is 0.0852. The number of aromatic nitrogens is 1. The first-order chi connectivity index (χ1) is 21.0. The summed E-state index contributed by atoms with van der Waals surface area (Å²) in [6.45, 7) is 8.24. The zero-order valence-electron chi connectivity index (χ0n) is 25.4. The van der Waals surface area contributed by atoms with Gasteiger partial charge in [-0.1, -0.05) is 18.2 Å². The Morgan fingerprint density at radius 1 is 1.16 bits per heavy atom. The van der Waals surface area contributed by atoms with Crippen molar-refractivity contribution >= 4 is 17.5 Å². The fourth-order valence-electron chi connectivity index (χ4n) is 6.04. The molecule has 0 aliphatic carbocycles.